The second kappa shape index (κ2) is 5.27. The topological polar surface area (TPSA) is 24.9 Å². The van der Waals surface area contributed by atoms with Gasteiger partial charge in [-0.25, -0.2) is 4.98 Å². The molecule has 2 nitrogen and oxygen atoms in total. The van der Waals surface area contributed by atoms with Crippen LogP contribution in [0.1, 0.15) is 5.69 Å². The lowest BCUT2D eigenvalue weighted by Crippen LogP contribution is -2.04. The van der Waals surface area contributed by atoms with Crippen molar-refractivity contribution in [1.82, 2.24) is 10.3 Å². The van der Waals surface area contributed by atoms with E-state index in [-0.39, 0.29) is 0 Å². The molecule has 5 heteroatoms. The second-order valence-corrected chi connectivity index (χ2v) is 5.45. The highest BCUT2D eigenvalue weighted by Crippen LogP contribution is 2.32. The first-order chi connectivity index (χ1) is 7.70. The fourth-order valence-corrected chi connectivity index (χ4v) is 2.94. The molecule has 0 amide bonds. The van der Waals surface area contributed by atoms with Gasteiger partial charge < -0.3 is 5.32 Å². The molecule has 0 atom stereocenters. The Morgan fingerprint density at radius 3 is 3.06 bits per heavy atom. The highest BCUT2D eigenvalue weighted by atomic mass is 79.9. The molecule has 0 bridgehead atoms. The highest BCUT2D eigenvalue weighted by molar-refractivity contribution is 9.10. The average molecular weight is 318 g/mol. The van der Waals surface area contributed by atoms with Gasteiger partial charge in [0.25, 0.3) is 0 Å². The van der Waals surface area contributed by atoms with E-state index in [1.807, 2.05) is 25.2 Å². The fraction of sp³-hybridized carbons (Fsp3) is 0.182. The number of nitrogens with zero attached hydrogens (tertiary/aromatic N) is 1. The van der Waals surface area contributed by atoms with E-state index in [1.54, 1.807) is 11.3 Å². The Morgan fingerprint density at radius 2 is 2.31 bits per heavy atom. The minimum Gasteiger partial charge on any atom is -0.314 e. The maximum Gasteiger partial charge on any atom is 0.124 e. The van der Waals surface area contributed by atoms with Gasteiger partial charge in [-0.1, -0.05) is 27.5 Å². The second-order valence-electron chi connectivity index (χ2n) is 3.30. The van der Waals surface area contributed by atoms with E-state index in [9.17, 15) is 0 Å². The lowest BCUT2D eigenvalue weighted by atomic mass is 10.2. The number of halogens is 2. The molecule has 1 aromatic carbocycles. The van der Waals surface area contributed by atoms with Crippen LogP contribution in [0.5, 0.6) is 0 Å². The summed E-state index contributed by atoms with van der Waals surface area (Å²) in [6.07, 6.45) is 0. The lowest BCUT2D eigenvalue weighted by Gasteiger charge is -2.00. The van der Waals surface area contributed by atoms with Gasteiger partial charge in [-0.15, -0.1) is 11.3 Å². The van der Waals surface area contributed by atoms with Gasteiger partial charge in [-0.05, 0) is 25.2 Å². The third kappa shape index (κ3) is 2.63. The molecule has 0 fully saturated rings. The molecule has 0 spiro atoms. The third-order valence-corrected chi connectivity index (χ3v) is 3.92. The van der Waals surface area contributed by atoms with E-state index in [2.05, 4.69) is 31.6 Å². The van der Waals surface area contributed by atoms with Crippen molar-refractivity contribution in [2.45, 2.75) is 6.54 Å². The van der Waals surface area contributed by atoms with Crippen LogP contribution in [0.2, 0.25) is 5.02 Å². The summed E-state index contributed by atoms with van der Waals surface area (Å²) in [5, 5.41) is 6.85. The summed E-state index contributed by atoms with van der Waals surface area (Å²) in [6.45, 7) is 0.786. The predicted molar refractivity (Wildman–Crippen MR) is 73.0 cm³/mol. The van der Waals surface area contributed by atoms with Gasteiger partial charge in [-0.3, -0.25) is 0 Å². The van der Waals surface area contributed by atoms with Gasteiger partial charge >= 0.3 is 0 Å². The first kappa shape index (κ1) is 12.0. The number of nitrogens with one attached hydrogen (secondary N) is 1. The van der Waals surface area contributed by atoms with E-state index >= 15 is 0 Å². The standard InChI is InChI=1S/C11H10BrClN2S/c1-14-5-8-6-16-11(15-8)9-4-7(13)2-3-10(9)12/h2-4,6,14H,5H2,1H3. The van der Waals surface area contributed by atoms with Crippen LogP contribution < -0.4 is 5.32 Å². The van der Waals surface area contributed by atoms with Crippen LogP contribution in [0, 0.1) is 0 Å². The van der Waals surface area contributed by atoms with Crippen molar-refractivity contribution in [3.63, 3.8) is 0 Å². The Bertz CT molecular complexity index is 498. The zero-order chi connectivity index (χ0) is 11.5. The summed E-state index contributed by atoms with van der Waals surface area (Å²) in [4.78, 5) is 4.54. The smallest absolute Gasteiger partial charge is 0.124 e. The van der Waals surface area contributed by atoms with Gasteiger partial charge in [0.05, 0.1) is 5.69 Å². The van der Waals surface area contributed by atoms with E-state index in [1.165, 1.54) is 0 Å². The number of thiazole rings is 1. The molecule has 2 rings (SSSR count). The van der Waals surface area contributed by atoms with Gasteiger partial charge in [0.1, 0.15) is 5.01 Å². The van der Waals surface area contributed by atoms with Crippen LogP contribution in [0.3, 0.4) is 0 Å². The highest BCUT2D eigenvalue weighted by Gasteiger charge is 2.08. The number of hydrogen-bond donors (Lipinski definition) is 1. The molecule has 0 aliphatic carbocycles. The van der Waals surface area contributed by atoms with E-state index in [0.717, 1.165) is 32.3 Å². The summed E-state index contributed by atoms with van der Waals surface area (Å²) >= 11 is 11.1. The van der Waals surface area contributed by atoms with E-state index < -0.39 is 0 Å². The number of rotatable bonds is 3. The van der Waals surface area contributed by atoms with Gasteiger partial charge in [0.15, 0.2) is 0 Å². The zero-order valence-corrected chi connectivity index (χ0v) is 11.8. The van der Waals surface area contributed by atoms with Gasteiger partial charge in [0, 0.05) is 27.0 Å². The summed E-state index contributed by atoms with van der Waals surface area (Å²) in [5.41, 5.74) is 2.09. The molecular weight excluding hydrogens is 308 g/mol. The summed E-state index contributed by atoms with van der Waals surface area (Å²) in [5.74, 6) is 0. The molecule has 0 saturated heterocycles. The Hall–Kier alpha value is -0.420. The monoisotopic (exact) mass is 316 g/mol. The number of hydrogen-bond acceptors (Lipinski definition) is 3. The van der Waals surface area contributed by atoms with Crippen LogP contribution in [0.15, 0.2) is 28.1 Å². The zero-order valence-electron chi connectivity index (χ0n) is 8.63. The summed E-state index contributed by atoms with van der Waals surface area (Å²) in [7, 11) is 1.91. The van der Waals surface area contributed by atoms with Crippen molar-refractivity contribution in [3.8, 4) is 10.6 Å². The average Bonchev–Trinajstić information content (AvgIpc) is 2.71. The van der Waals surface area contributed by atoms with Crippen LogP contribution in [0.4, 0.5) is 0 Å². The van der Waals surface area contributed by atoms with E-state index in [4.69, 9.17) is 11.6 Å². The molecule has 1 heterocycles. The maximum atomic E-state index is 5.98. The predicted octanol–water partition coefficient (Wildman–Crippen LogP) is 3.95. The minimum absolute atomic E-state index is 0.726. The Balaban J connectivity index is 2.38. The Labute approximate surface area is 112 Å². The van der Waals surface area contributed by atoms with Crippen molar-refractivity contribution >= 4 is 38.9 Å². The molecule has 0 radical (unpaired) electrons. The first-order valence-electron chi connectivity index (χ1n) is 4.75. The van der Waals surface area contributed by atoms with Crippen molar-refractivity contribution in [1.29, 1.82) is 0 Å². The molecule has 0 aliphatic heterocycles. The van der Waals surface area contributed by atoms with Crippen molar-refractivity contribution in [2.75, 3.05) is 7.05 Å². The molecule has 0 unspecified atom stereocenters. The third-order valence-electron chi connectivity index (χ3n) is 2.07. The molecule has 0 saturated carbocycles. The molecule has 0 aliphatic rings. The molecule has 1 N–H and O–H groups in total. The Morgan fingerprint density at radius 1 is 1.50 bits per heavy atom. The van der Waals surface area contributed by atoms with Crippen molar-refractivity contribution in [2.24, 2.45) is 0 Å². The van der Waals surface area contributed by atoms with Crippen LogP contribution in [0.25, 0.3) is 10.6 Å². The quantitative estimate of drug-likeness (QED) is 0.927. The normalized spacial score (nSPS) is 10.7. The molecule has 84 valence electrons. The van der Waals surface area contributed by atoms with Crippen molar-refractivity contribution < 1.29 is 0 Å². The SMILES string of the molecule is CNCc1csc(-c2cc(Cl)ccc2Br)n1. The van der Waals surface area contributed by atoms with Crippen molar-refractivity contribution in [3.05, 3.63) is 38.8 Å². The maximum absolute atomic E-state index is 5.98. The number of aromatic nitrogens is 1. The van der Waals surface area contributed by atoms with Gasteiger partial charge in [0.2, 0.25) is 0 Å². The van der Waals surface area contributed by atoms with E-state index in [0.29, 0.717) is 0 Å². The Kier molecular flexibility index (Phi) is 3.97. The summed E-state index contributed by atoms with van der Waals surface area (Å²) < 4.78 is 1.02. The largest absolute Gasteiger partial charge is 0.314 e. The van der Waals surface area contributed by atoms with Crippen LogP contribution in [-0.2, 0) is 6.54 Å². The summed E-state index contributed by atoms with van der Waals surface area (Å²) in [6, 6.07) is 5.72. The minimum atomic E-state index is 0.726. The molecule has 1 aromatic heterocycles. The lowest BCUT2D eigenvalue weighted by molar-refractivity contribution is 0.798. The molecular formula is C11H10BrClN2S. The first-order valence-corrected chi connectivity index (χ1v) is 6.80. The molecule has 2 aromatic rings. The van der Waals surface area contributed by atoms with Crippen LogP contribution in [-0.4, -0.2) is 12.0 Å². The van der Waals surface area contributed by atoms with Gasteiger partial charge in [-0.2, -0.15) is 0 Å². The fourth-order valence-electron chi connectivity index (χ4n) is 1.35. The molecule has 16 heavy (non-hydrogen) atoms. The van der Waals surface area contributed by atoms with Crippen LogP contribution >= 0.6 is 38.9 Å². The number of benzene rings is 1.